The average Bonchev–Trinajstić information content (AvgIpc) is 3.24. The van der Waals surface area contributed by atoms with Gasteiger partial charge in [-0.25, -0.2) is 0 Å². The molecule has 3 aromatic carbocycles. The molecular weight excluding hydrogens is 362 g/mol. The standard InChI is InChI=1S/C25H19NO3/c1-2-14-26-21-9-4-3-8-20(21)25(29,24(26)28)15-22(27)18-13-12-17-11-10-16-6-5-7-19(18)23(16)17/h1,3-9,12-13,29H,10-11,14-15H2. The Kier molecular flexibility index (Phi) is 3.84. The van der Waals surface area contributed by atoms with Crippen molar-refractivity contribution in [2.45, 2.75) is 24.9 Å². The Morgan fingerprint density at radius 3 is 2.62 bits per heavy atom. The number of ketones is 1. The fourth-order valence-electron chi connectivity index (χ4n) is 4.74. The summed E-state index contributed by atoms with van der Waals surface area (Å²) in [6, 6.07) is 16.8. The number of para-hydroxylation sites is 1. The van der Waals surface area contributed by atoms with Gasteiger partial charge in [0.25, 0.3) is 5.91 Å². The van der Waals surface area contributed by atoms with Gasteiger partial charge in [0, 0.05) is 11.1 Å². The monoisotopic (exact) mass is 381 g/mol. The molecule has 29 heavy (non-hydrogen) atoms. The van der Waals surface area contributed by atoms with Crippen LogP contribution in [-0.2, 0) is 23.2 Å². The maximum Gasteiger partial charge on any atom is 0.265 e. The van der Waals surface area contributed by atoms with E-state index in [9.17, 15) is 14.7 Å². The number of benzene rings is 3. The predicted molar refractivity (Wildman–Crippen MR) is 112 cm³/mol. The molecule has 1 N–H and O–H groups in total. The Morgan fingerprint density at radius 1 is 1.07 bits per heavy atom. The highest BCUT2D eigenvalue weighted by molar-refractivity contribution is 6.14. The summed E-state index contributed by atoms with van der Waals surface area (Å²) in [5.41, 5.74) is 2.11. The molecule has 0 aromatic heterocycles. The van der Waals surface area contributed by atoms with Crippen LogP contribution in [0.2, 0.25) is 0 Å². The van der Waals surface area contributed by atoms with Gasteiger partial charge >= 0.3 is 0 Å². The summed E-state index contributed by atoms with van der Waals surface area (Å²) < 4.78 is 0. The lowest BCUT2D eigenvalue weighted by Gasteiger charge is -2.22. The highest BCUT2D eigenvalue weighted by Gasteiger charge is 2.50. The van der Waals surface area contributed by atoms with Crippen molar-refractivity contribution in [2.75, 3.05) is 11.4 Å². The van der Waals surface area contributed by atoms with Gasteiger partial charge < -0.3 is 5.11 Å². The topological polar surface area (TPSA) is 57.6 Å². The smallest absolute Gasteiger partial charge is 0.265 e. The normalized spacial score (nSPS) is 19.4. The molecule has 0 spiro atoms. The molecule has 1 aliphatic heterocycles. The molecular formula is C25H19NO3. The molecule has 1 heterocycles. The van der Waals surface area contributed by atoms with Crippen molar-refractivity contribution in [3.8, 4) is 12.3 Å². The summed E-state index contributed by atoms with van der Waals surface area (Å²) in [6.07, 6.45) is 7.04. The molecule has 4 nitrogen and oxygen atoms in total. The molecule has 0 radical (unpaired) electrons. The van der Waals surface area contributed by atoms with Crippen molar-refractivity contribution < 1.29 is 14.7 Å². The van der Waals surface area contributed by atoms with Gasteiger partial charge in [-0.05, 0) is 40.8 Å². The van der Waals surface area contributed by atoms with Crippen molar-refractivity contribution in [3.63, 3.8) is 0 Å². The highest BCUT2D eigenvalue weighted by atomic mass is 16.3. The lowest BCUT2D eigenvalue weighted by molar-refractivity contribution is -0.135. The number of Topliss-reactive ketones (excluding diaryl/α,β-unsaturated/α-hetero) is 1. The molecule has 2 aliphatic rings. The van der Waals surface area contributed by atoms with Crippen molar-refractivity contribution in [1.82, 2.24) is 0 Å². The number of hydrogen-bond donors (Lipinski definition) is 1. The highest BCUT2D eigenvalue weighted by Crippen LogP contribution is 2.43. The summed E-state index contributed by atoms with van der Waals surface area (Å²) >= 11 is 0. The van der Waals surface area contributed by atoms with E-state index in [4.69, 9.17) is 6.42 Å². The minimum Gasteiger partial charge on any atom is -0.375 e. The molecule has 1 aliphatic carbocycles. The van der Waals surface area contributed by atoms with E-state index in [1.165, 1.54) is 16.0 Å². The zero-order valence-corrected chi connectivity index (χ0v) is 15.8. The number of carbonyl (C=O) groups excluding carboxylic acids is 2. The first-order valence-electron chi connectivity index (χ1n) is 9.68. The van der Waals surface area contributed by atoms with Gasteiger partial charge in [-0.2, -0.15) is 0 Å². The van der Waals surface area contributed by atoms with E-state index in [2.05, 4.69) is 12.0 Å². The third-order valence-electron chi connectivity index (χ3n) is 6.08. The fourth-order valence-corrected chi connectivity index (χ4v) is 4.74. The minimum absolute atomic E-state index is 0.0489. The Labute approximate surface area is 168 Å². The average molecular weight is 381 g/mol. The summed E-state index contributed by atoms with van der Waals surface area (Å²) in [5, 5.41) is 13.4. The number of amides is 1. The quantitative estimate of drug-likeness (QED) is 0.557. The molecule has 0 bridgehead atoms. The number of carbonyl (C=O) groups is 2. The first kappa shape index (κ1) is 17.7. The van der Waals surface area contributed by atoms with Crippen LogP contribution in [-0.4, -0.2) is 23.3 Å². The van der Waals surface area contributed by atoms with Crippen LogP contribution in [0.1, 0.15) is 33.5 Å². The third-order valence-corrected chi connectivity index (χ3v) is 6.08. The van der Waals surface area contributed by atoms with Crippen LogP contribution < -0.4 is 4.90 Å². The van der Waals surface area contributed by atoms with Gasteiger partial charge in [0.1, 0.15) is 0 Å². The van der Waals surface area contributed by atoms with Crippen LogP contribution in [0.3, 0.4) is 0 Å². The van der Waals surface area contributed by atoms with Crippen LogP contribution in [0, 0.1) is 12.3 Å². The number of hydrogen-bond acceptors (Lipinski definition) is 3. The number of anilines is 1. The van der Waals surface area contributed by atoms with Gasteiger partial charge in [-0.3, -0.25) is 14.5 Å². The van der Waals surface area contributed by atoms with E-state index < -0.39 is 11.5 Å². The van der Waals surface area contributed by atoms with Crippen molar-refractivity contribution in [2.24, 2.45) is 0 Å². The maximum atomic E-state index is 13.3. The summed E-state index contributed by atoms with van der Waals surface area (Å²) in [5.74, 6) is 1.66. The minimum atomic E-state index is -1.91. The molecule has 0 saturated heterocycles. The Balaban J connectivity index is 1.58. The summed E-state index contributed by atoms with van der Waals surface area (Å²) in [7, 11) is 0. The van der Waals surface area contributed by atoms with Crippen LogP contribution in [0.25, 0.3) is 10.8 Å². The van der Waals surface area contributed by atoms with Crippen LogP contribution in [0.5, 0.6) is 0 Å². The number of nitrogens with zero attached hydrogens (tertiary/aromatic N) is 1. The van der Waals surface area contributed by atoms with Gasteiger partial charge in [0.05, 0.1) is 18.7 Å². The number of rotatable bonds is 4. The van der Waals surface area contributed by atoms with E-state index in [0.29, 0.717) is 16.8 Å². The zero-order valence-electron chi connectivity index (χ0n) is 15.8. The fraction of sp³-hybridized carbons (Fsp3) is 0.200. The lowest BCUT2D eigenvalue weighted by atomic mass is 9.86. The van der Waals surface area contributed by atoms with Crippen molar-refractivity contribution in [1.29, 1.82) is 0 Å². The predicted octanol–water partition coefficient (Wildman–Crippen LogP) is 3.38. The van der Waals surface area contributed by atoms with E-state index in [0.717, 1.165) is 23.6 Å². The van der Waals surface area contributed by atoms with Gasteiger partial charge in [0.2, 0.25) is 0 Å². The molecule has 142 valence electrons. The molecule has 1 unspecified atom stereocenters. The van der Waals surface area contributed by atoms with E-state index >= 15 is 0 Å². The summed E-state index contributed by atoms with van der Waals surface area (Å²) in [4.78, 5) is 27.7. The van der Waals surface area contributed by atoms with Gasteiger partial charge in [0.15, 0.2) is 11.4 Å². The second-order valence-corrected chi connectivity index (χ2v) is 7.68. The van der Waals surface area contributed by atoms with Gasteiger partial charge in [-0.15, -0.1) is 6.42 Å². The largest absolute Gasteiger partial charge is 0.375 e. The Bertz CT molecular complexity index is 1230. The Morgan fingerprint density at radius 2 is 1.83 bits per heavy atom. The number of aliphatic hydroxyl groups is 1. The molecule has 5 rings (SSSR count). The molecule has 3 aromatic rings. The Hall–Kier alpha value is -3.42. The zero-order chi connectivity index (χ0) is 20.2. The van der Waals surface area contributed by atoms with Crippen molar-refractivity contribution >= 4 is 28.2 Å². The summed E-state index contributed by atoms with van der Waals surface area (Å²) in [6.45, 7) is 0.0489. The first-order chi connectivity index (χ1) is 14.0. The maximum absolute atomic E-state index is 13.3. The van der Waals surface area contributed by atoms with Crippen molar-refractivity contribution in [3.05, 3.63) is 76.9 Å². The number of aryl methyl sites for hydroxylation is 2. The van der Waals surface area contributed by atoms with Crippen LogP contribution >= 0.6 is 0 Å². The second-order valence-electron chi connectivity index (χ2n) is 7.68. The number of fused-ring (bicyclic) bond motifs is 1. The van der Waals surface area contributed by atoms with Gasteiger partial charge in [-0.1, -0.05) is 54.5 Å². The van der Waals surface area contributed by atoms with Crippen LogP contribution in [0.4, 0.5) is 5.69 Å². The SMILES string of the molecule is C#CCN1C(=O)C(O)(CC(=O)c2ccc3c4c(cccc24)CC3)c2ccccc21. The first-order valence-corrected chi connectivity index (χ1v) is 9.68. The lowest BCUT2D eigenvalue weighted by Crippen LogP contribution is -2.42. The molecule has 0 fully saturated rings. The molecule has 1 atom stereocenters. The van der Waals surface area contributed by atoms with E-state index in [-0.39, 0.29) is 18.7 Å². The van der Waals surface area contributed by atoms with E-state index in [1.54, 1.807) is 24.3 Å². The third kappa shape index (κ3) is 2.45. The molecule has 0 saturated carbocycles. The second kappa shape index (κ2) is 6.30. The molecule has 1 amide bonds. The van der Waals surface area contributed by atoms with E-state index in [1.807, 2.05) is 24.3 Å². The number of terminal acetylenes is 1. The molecule has 4 heteroatoms. The van der Waals surface area contributed by atoms with Crippen LogP contribution in [0.15, 0.2) is 54.6 Å².